The third kappa shape index (κ3) is 2.40. The molecule has 1 fully saturated rings. The first-order chi connectivity index (χ1) is 9.67. The lowest BCUT2D eigenvalue weighted by Gasteiger charge is -2.32. The SMILES string of the molecule is CC1CCC(Oc2nc(NN)nc3[nH]ncc23)CC1C. The molecule has 0 aromatic carbocycles. The summed E-state index contributed by atoms with van der Waals surface area (Å²) < 4.78 is 6.08. The standard InChI is InChI=1S/C13H20N6O/c1-7-3-4-9(5-8(7)2)20-12-10-6-15-19-11(10)16-13(17-12)18-14/h6-9H,3-5,14H2,1-2H3,(H2,15,16,17,18,19). The average Bonchev–Trinajstić information content (AvgIpc) is 2.91. The molecule has 1 aliphatic rings. The fourth-order valence-corrected chi connectivity index (χ4v) is 2.73. The predicted octanol–water partition coefficient (Wildman–Crippen LogP) is 1.84. The van der Waals surface area contributed by atoms with Gasteiger partial charge in [0.05, 0.1) is 6.20 Å². The Morgan fingerprint density at radius 3 is 2.90 bits per heavy atom. The number of rotatable bonds is 3. The number of hydrazine groups is 1. The summed E-state index contributed by atoms with van der Waals surface area (Å²) in [6.45, 7) is 4.58. The first-order valence-corrected chi connectivity index (χ1v) is 7.01. The molecule has 3 rings (SSSR count). The van der Waals surface area contributed by atoms with Crippen molar-refractivity contribution in [3.63, 3.8) is 0 Å². The lowest BCUT2D eigenvalue weighted by atomic mass is 9.80. The number of ether oxygens (including phenoxy) is 1. The highest BCUT2D eigenvalue weighted by Crippen LogP contribution is 2.33. The molecule has 0 spiro atoms. The summed E-state index contributed by atoms with van der Waals surface area (Å²) >= 11 is 0. The van der Waals surface area contributed by atoms with Gasteiger partial charge in [-0.05, 0) is 31.1 Å². The summed E-state index contributed by atoms with van der Waals surface area (Å²) in [5, 5.41) is 7.58. The van der Waals surface area contributed by atoms with Crippen LogP contribution in [0.25, 0.3) is 11.0 Å². The maximum Gasteiger partial charge on any atom is 0.242 e. The Morgan fingerprint density at radius 1 is 1.30 bits per heavy atom. The number of aromatic amines is 1. The topological polar surface area (TPSA) is 102 Å². The van der Waals surface area contributed by atoms with E-state index >= 15 is 0 Å². The van der Waals surface area contributed by atoms with Crippen molar-refractivity contribution in [3.8, 4) is 5.88 Å². The zero-order valence-corrected chi connectivity index (χ0v) is 11.8. The van der Waals surface area contributed by atoms with Crippen LogP contribution in [-0.4, -0.2) is 26.3 Å². The van der Waals surface area contributed by atoms with Crippen LogP contribution in [0.15, 0.2) is 6.20 Å². The average molecular weight is 276 g/mol. The van der Waals surface area contributed by atoms with E-state index < -0.39 is 0 Å². The Kier molecular flexibility index (Phi) is 3.43. The highest BCUT2D eigenvalue weighted by atomic mass is 16.5. The van der Waals surface area contributed by atoms with Crippen LogP contribution in [0.1, 0.15) is 33.1 Å². The highest BCUT2D eigenvalue weighted by molar-refractivity contribution is 5.80. The van der Waals surface area contributed by atoms with E-state index in [1.54, 1.807) is 6.20 Å². The third-order valence-electron chi connectivity index (χ3n) is 4.23. The molecule has 1 aliphatic carbocycles. The smallest absolute Gasteiger partial charge is 0.242 e. The summed E-state index contributed by atoms with van der Waals surface area (Å²) in [6, 6.07) is 0. The first-order valence-electron chi connectivity index (χ1n) is 7.01. The molecule has 3 unspecified atom stereocenters. The molecule has 0 bridgehead atoms. The minimum Gasteiger partial charge on any atom is -0.474 e. The number of anilines is 1. The molecule has 2 aromatic rings. The van der Waals surface area contributed by atoms with E-state index in [1.807, 2.05) is 0 Å². The second-order valence-corrected chi connectivity index (χ2v) is 5.64. The normalized spacial score (nSPS) is 26.6. The van der Waals surface area contributed by atoms with Crippen molar-refractivity contribution in [2.75, 3.05) is 5.43 Å². The van der Waals surface area contributed by atoms with Gasteiger partial charge in [-0.2, -0.15) is 15.1 Å². The van der Waals surface area contributed by atoms with Crippen molar-refractivity contribution >= 4 is 17.0 Å². The van der Waals surface area contributed by atoms with E-state index in [9.17, 15) is 0 Å². The van der Waals surface area contributed by atoms with E-state index in [4.69, 9.17) is 10.6 Å². The monoisotopic (exact) mass is 276 g/mol. The van der Waals surface area contributed by atoms with E-state index in [2.05, 4.69) is 39.4 Å². The molecule has 0 aliphatic heterocycles. The van der Waals surface area contributed by atoms with Crippen molar-refractivity contribution in [3.05, 3.63) is 6.20 Å². The summed E-state index contributed by atoms with van der Waals surface area (Å²) in [7, 11) is 0. The van der Waals surface area contributed by atoms with Crippen LogP contribution in [-0.2, 0) is 0 Å². The van der Waals surface area contributed by atoms with Gasteiger partial charge in [0.15, 0.2) is 5.65 Å². The maximum atomic E-state index is 6.08. The lowest BCUT2D eigenvalue weighted by molar-refractivity contribution is 0.0980. The van der Waals surface area contributed by atoms with Crippen LogP contribution in [0.4, 0.5) is 5.95 Å². The van der Waals surface area contributed by atoms with Crippen molar-refractivity contribution in [1.82, 2.24) is 20.2 Å². The van der Waals surface area contributed by atoms with E-state index in [-0.39, 0.29) is 6.10 Å². The fraction of sp³-hybridized carbons (Fsp3) is 0.615. The molecule has 108 valence electrons. The summed E-state index contributed by atoms with van der Waals surface area (Å²) in [4.78, 5) is 8.49. The zero-order valence-electron chi connectivity index (χ0n) is 11.8. The van der Waals surface area contributed by atoms with E-state index in [1.165, 1.54) is 6.42 Å². The molecule has 4 N–H and O–H groups in total. The van der Waals surface area contributed by atoms with Crippen LogP contribution < -0.4 is 16.0 Å². The molecule has 1 saturated carbocycles. The Hall–Kier alpha value is -1.89. The molecule has 2 aromatic heterocycles. The van der Waals surface area contributed by atoms with Crippen LogP contribution >= 0.6 is 0 Å². The fourth-order valence-electron chi connectivity index (χ4n) is 2.73. The largest absolute Gasteiger partial charge is 0.474 e. The van der Waals surface area contributed by atoms with Gasteiger partial charge >= 0.3 is 0 Å². The zero-order chi connectivity index (χ0) is 14.1. The van der Waals surface area contributed by atoms with Crippen molar-refractivity contribution in [2.24, 2.45) is 17.7 Å². The number of nitrogens with two attached hydrogens (primary N) is 1. The molecule has 20 heavy (non-hydrogen) atoms. The van der Waals surface area contributed by atoms with Crippen LogP contribution in [0, 0.1) is 11.8 Å². The number of H-pyrrole nitrogens is 1. The van der Waals surface area contributed by atoms with E-state index in [0.717, 1.165) is 24.1 Å². The first kappa shape index (κ1) is 13.1. The van der Waals surface area contributed by atoms with Gasteiger partial charge in [0.1, 0.15) is 11.5 Å². The van der Waals surface area contributed by atoms with Gasteiger partial charge in [-0.3, -0.25) is 10.5 Å². The van der Waals surface area contributed by atoms with Gasteiger partial charge < -0.3 is 4.74 Å². The highest BCUT2D eigenvalue weighted by Gasteiger charge is 2.26. The number of hydrogen-bond acceptors (Lipinski definition) is 6. The third-order valence-corrected chi connectivity index (χ3v) is 4.23. The number of fused-ring (bicyclic) bond motifs is 1. The molecular formula is C13H20N6O. The van der Waals surface area contributed by atoms with Gasteiger partial charge in [0.25, 0.3) is 0 Å². The van der Waals surface area contributed by atoms with Crippen molar-refractivity contribution in [2.45, 2.75) is 39.2 Å². The Balaban J connectivity index is 1.85. The number of nitrogens with one attached hydrogen (secondary N) is 2. The van der Waals surface area contributed by atoms with Gasteiger partial charge in [-0.1, -0.05) is 13.8 Å². The number of nitrogen functional groups attached to an aromatic ring is 1. The van der Waals surface area contributed by atoms with Crippen molar-refractivity contribution < 1.29 is 4.74 Å². The van der Waals surface area contributed by atoms with Gasteiger partial charge in [0, 0.05) is 0 Å². The molecule has 3 atom stereocenters. The Bertz CT molecular complexity index is 598. The number of hydrogen-bond donors (Lipinski definition) is 3. The number of nitrogens with zero attached hydrogens (tertiary/aromatic N) is 3. The summed E-state index contributed by atoms with van der Waals surface area (Å²) in [6.07, 6.45) is 5.17. The molecular weight excluding hydrogens is 256 g/mol. The second kappa shape index (κ2) is 5.24. The molecule has 0 radical (unpaired) electrons. The van der Waals surface area contributed by atoms with Crippen LogP contribution in [0.5, 0.6) is 5.88 Å². The predicted molar refractivity (Wildman–Crippen MR) is 76.1 cm³/mol. The maximum absolute atomic E-state index is 6.08. The Morgan fingerprint density at radius 2 is 2.15 bits per heavy atom. The minimum atomic E-state index is 0.194. The van der Waals surface area contributed by atoms with E-state index in [0.29, 0.717) is 23.4 Å². The van der Waals surface area contributed by atoms with Crippen LogP contribution in [0.2, 0.25) is 0 Å². The molecule has 7 nitrogen and oxygen atoms in total. The van der Waals surface area contributed by atoms with Crippen molar-refractivity contribution in [1.29, 1.82) is 0 Å². The minimum absolute atomic E-state index is 0.194. The number of aromatic nitrogens is 4. The quantitative estimate of drug-likeness (QED) is 0.584. The molecule has 7 heteroatoms. The Labute approximate surface area is 117 Å². The van der Waals surface area contributed by atoms with Gasteiger partial charge in [-0.15, -0.1) is 0 Å². The summed E-state index contributed by atoms with van der Waals surface area (Å²) in [5.74, 6) is 7.69. The second-order valence-electron chi connectivity index (χ2n) is 5.64. The molecule has 0 saturated heterocycles. The van der Waals surface area contributed by atoms with Gasteiger partial charge in [0.2, 0.25) is 11.8 Å². The van der Waals surface area contributed by atoms with Gasteiger partial charge in [-0.25, -0.2) is 5.84 Å². The van der Waals surface area contributed by atoms with Crippen LogP contribution in [0.3, 0.4) is 0 Å². The lowest BCUT2D eigenvalue weighted by Crippen LogP contribution is -2.29. The summed E-state index contributed by atoms with van der Waals surface area (Å²) in [5.41, 5.74) is 3.08. The molecule has 2 heterocycles. The molecule has 0 amide bonds.